The summed E-state index contributed by atoms with van der Waals surface area (Å²) in [7, 11) is 0. The van der Waals surface area contributed by atoms with Crippen LogP contribution >= 0.6 is 0 Å². The van der Waals surface area contributed by atoms with Crippen LogP contribution in [0.5, 0.6) is 0 Å². The molecule has 58 heavy (non-hydrogen) atoms. The molecule has 0 aliphatic heterocycles. The van der Waals surface area contributed by atoms with Crippen molar-refractivity contribution in [1.82, 2.24) is 15.0 Å². The molecule has 0 aliphatic rings. The molecule has 5 heteroatoms. The Balaban J connectivity index is 0.968. The fourth-order valence-corrected chi connectivity index (χ4v) is 8.49. The van der Waals surface area contributed by atoms with E-state index in [0.717, 1.165) is 116 Å². The number of furan rings is 2. The first-order valence-corrected chi connectivity index (χ1v) is 19.4. The van der Waals surface area contributed by atoms with Gasteiger partial charge in [-0.15, -0.1) is 0 Å². The normalized spacial score (nSPS) is 11.8. The number of fused-ring (bicyclic) bond motifs is 10. The SMILES string of the molecule is c1ccc(-c2cc(-c3ccc(-c4ccc5oc6c(ccc7c(-c8ccccc8)nc8ccccc8c76)c5c4)cc3)nc(-c3cccc4c3oc3ccccc34)n2)cc1. The van der Waals surface area contributed by atoms with E-state index in [4.69, 9.17) is 23.8 Å². The van der Waals surface area contributed by atoms with Gasteiger partial charge in [0.15, 0.2) is 5.82 Å². The molecule has 4 heterocycles. The summed E-state index contributed by atoms with van der Waals surface area (Å²) in [6.07, 6.45) is 0. The number of hydrogen-bond acceptors (Lipinski definition) is 5. The fraction of sp³-hybridized carbons (Fsp3) is 0. The van der Waals surface area contributed by atoms with Crippen LogP contribution in [0.15, 0.2) is 197 Å². The molecule has 0 fully saturated rings. The standard InChI is InChI=1S/C53H31N3O2/c1-3-12-33(13-4-1)45-31-46(56-53(55-45)42-19-11-18-38-37-16-8-10-21-47(37)57-51(38)42)34-24-22-32(23-25-34)36-26-29-48-43(30-36)39-27-28-41-49(52(39)58-48)40-17-7-9-20-44(40)54-50(41)35-14-5-2-6-15-35/h1-31H. The van der Waals surface area contributed by atoms with E-state index in [2.05, 4.69) is 133 Å². The van der Waals surface area contributed by atoms with Crippen molar-refractivity contribution in [3.05, 3.63) is 188 Å². The summed E-state index contributed by atoms with van der Waals surface area (Å²) in [6.45, 7) is 0. The molecule has 0 radical (unpaired) electrons. The molecule has 0 N–H and O–H groups in total. The maximum atomic E-state index is 6.72. The molecule has 8 aromatic carbocycles. The Morgan fingerprint density at radius 2 is 0.914 bits per heavy atom. The number of hydrogen-bond donors (Lipinski definition) is 0. The Morgan fingerprint density at radius 1 is 0.328 bits per heavy atom. The van der Waals surface area contributed by atoms with Gasteiger partial charge in [0.05, 0.1) is 28.2 Å². The minimum Gasteiger partial charge on any atom is -0.455 e. The van der Waals surface area contributed by atoms with Gasteiger partial charge in [0.1, 0.15) is 22.3 Å². The summed E-state index contributed by atoms with van der Waals surface area (Å²) in [6, 6.07) is 64.9. The highest BCUT2D eigenvalue weighted by atomic mass is 16.3. The van der Waals surface area contributed by atoms with Gasteiger partial charge < -0.3 is 8.83 Å². The highest BCUT2D eigenvalue weighted by molar-refractivity contribution is 6.25. The number of aromatic nitrogens is 3. The lowest BCUT2D eigenvalue weighted by atomic mass is 9.97. The molecule has 0 unspecified atom stereocenters. The van der Waals surface area contributed by atoms with Crippen LogP contribution < -0.4 is 0 Å². The van der Waals surface area contributed by atoms with Gasteiger partial charge in [0.2, 0.25) is 0 Å². The molecule has 270 valence electrons. The van der Waals surface area contributed by atoms with Crippen molar-refractivity contribution in [3.8, 4) is 56.3 Å². The lowest BCUT2D eigenvalue weighted by Crippen LogP contribution is -1.96. The smallest absolute Gasteiger partial charge is 0.164 e. The van der Waals surface area contributed by atoms with Gasteiger partial charge in [0.25, 0.3) is 0 Å². The Morgan fingerprint density at radius 3 is 1.72 bits per heavy atom. The second-order valence-electron chi connectivity index (χ2n) is 14.7. The Kier molecular flexibility index (Phi) is 7.16. The summed E-state index contributed by atoms with van der Waals surface area (Å²) in [5.41, 5.74) is 13.1. The van der Waals surface area contributed by atoms with E-state index in [1.54, 1.807) is 0 Å². The van der Waals surface area contributed by atoms with E-state index < -0.39 is 0 Å². The predicted molar refractivity (Wildman–Crippen MR) is 237 cm³/mol. The second kappa shape index (κ2) is 12.8. The third-order valence-corrected chi connectivity index (χ3v) is 11.3. The first-order chi connectivity index (χ1) is 28.7. The van der Waals surface area contributed by atoms with Gasteiger partial charge in [-0.3, -0.25) is 0 Å². The second-order valence-corrected chi connectivity index (χ2v) is 14.7. The zero-order valence-electron chi connectivity index (χ0n) is 31.1. The molecule has 0 bridgehead atoms. The monoisotopic (exact) mass is 741 g/mol. The number of rotatable bonds is 5. The van der Waals surface area contributed by atoms with E-state index in [1.165, 1.54) is 0 Å². The van der Waals surface area contributed by atoms with E-state index in [1.807, 2.05) is 54.6 Å². The lowest BCUT2D eigenvalue weighted by Gasteiger charge is -2.10. The summed E-state index contributed by atoms with van der Waals surface area (Å²) in [5, 5.41) is 7.52. The Labute approximate surface area is 332 Å². The molecule has 12 aromatic rings. The lowest BCUT2D eigenvalue weighted by molar-refractivity contribution is 0.669. The maximum Gasteiger partial charge on any atom is 0.164 e. The van der Waals surface area contributed by atoms with Crippen LogP contribution in [-0.2, 0) is 0 Å². The Bertz CT molecular complexity index is 3550. The highest BCUT2D eigenvalue weighted by Gasteiger charge is 2.19. The molecule has 0 atom stereocenters. The maximum absolute atomic E-state index is 6.72. The van der Waals surface area contributed by atoms with E-state index in [-0.39, 0.29) is 0 Å². The van der Waals surface area contributed by atoms with Crippen molar-refractivity contribution in [2.45, 2.75) is 0 Å². The third-order valence-electron chi connectivity index (χ3n) is 11.3. The predicted octanol–water partition coefficient (Wildman–Crippen LogP) is 14.3. The zero-order chi connectivity index (χ0) is 38.2. The zero-order valence-corrected chi connectivity index (χ0v) is 31.1. The van der Waals surface area contributed by atoms with Gasteiger partial charge in [-0.05, 0) is 53.6 Å². The molecule has 0 saturated heterocycles. The summed E-state index contributed by atoms with van der Waals surface area (Å²) in [5.74, 6) is 0.620. The van der Waals surface area contributed by atoms with E-state index in [9.17, 15) is 0 Å². The number of benzene rings is 8. The van der Waals surface area contributed by atoms with Gasteiger partial charge in [0, 0.05) is 54.4 Å². The highest BCUT2D eigenvalue weighted by Crippen LogP contribution is 2.42. The Hall–Kier alpha value is -7.89. The van der Waals surface area contributed by atoms with Gasteiger partial charge in [-0.2, -0.15) is 0 Å². The van der Waals surface area contributed by atoms with Crippen molar-refractivity contribution in [3.63, 3.8) is 0 Å². The topological polar surface area (TPSA) is 65.0 Å². The first kappa shape index (κ1) is 32.4. The van der Waals surface area contributed by atoms with Crippen molar-refractivity contribution >= 4 is 65.6 Å². The van der Waals surface area contributed by atoms with Crippen molar-refractivity contribution < 1.29 is 8.83 Å². The molecule has 0 aliphatic carbocycles. The molecule has 0 saturated carbocycles. The minimum absolute atomic E-state index is 0.620. The first-order valence-electron chi connectivity index (χ1n) is 19.4. The van der Waals surface area contributed by atoms with Crippen LogP contribution in [0.25, 0.3) is 122 Å². The van der Waals surface area contributed by atoms with E-state index >= 15 is 0 Å². The number of para-hydroxylation sites is 3. The van der Waals surface area contributed by atoms with Crippen LogP contribution in [0.2, 0.25) is 0 Å². The third kappa shape index (κ3) is 5.14. The molecule has 4 aromatic heterocycles. The van der Waals surface area contributed by atoms with Gasteiger partial charge in [-0.1, -0.05) is 146 Å². The van der Waals surface area contributed by atoms with Crippen molar-refractivity contribution in [2.75, 3.05) is 0 Å². The van der Waals surface area contributed by atoms with Crippen molar-refractivity contribution in [1.29, 1.82) is 0 Å². The molecule has 5 nitrogen and oxygen atoms in total. The molecular weight excluding hydrogens is 711 g/mol. The fourth-order valence-electron chi connectivity index (χ4n) is 8.49. The van der Waals surface area contributed by atoms with Crippen LogP contribution in [0.4, 0.5) is 0 Å². The van der Waals surface area contributed by atoms with Crippen LogP contribution in [0.3, 0.4) is 0 Å². The van der Waals surface area contributed by atoms with E-state index in [0.29, 0.717) is 5.82 Å². The largest absolute Gasteiger partial charge is 0.455 e. The average molecular weight is 742 g/mol. The van der Waals surface area contributed by atoms with Crippen LogP contribution in [0, 0.1) is 0 Å². The minimum atomic E-state index is 0.620. The molecule has 12 rings (SSSR count). The summed E-state index contributed by atoms with van der Waals surface area (Å²) in [4.78, 5) is 15.4. The molecular formula is C53H31N3O2. The van der Waals surface area contributed by atoms with Gasteiger partial charge in [-0.25, -0.2) is 15.0 Å². The van der Waals surface area contributed by atoms with Crippen LogP contribution in [0.1, 0.15) is 0 Å². The van der Waals surface area contributed by atoms with Crippen LogP contribution in [-0.4, -0.2) is 15.0 Å². The summed E-state index contributed by atoms with van der Waals surface area (Å²) >= 11 is 0. The van der Waals surface area contributed by atoms with Crippen molar-refractivity contribution in [2.24, 2.45) is 0 Å². The molecule has 0 spiro atoms. The van der Waals surface area contributed by atoms with Gasteiger partial charge >= 0.3 is 0 Å². The average Bonchev–Trinajstić information content (AvgIpc) is 3.87. The quantitative estimate of drug-likeness (QED) is 0.164. The number of nitrogens with zero attached hydrogens (tertiary/aromatic N) is 3. The molecule has 0 amide bonds. The number of pyridine rings is 1. The summed E-state index contributed by atoms with van der Waals surface area (Å²) < 4.78 is 13.1.